The van der Waals surface area contributed by atoms with Crippen LogP contribution in [0.15, 0.2) is 24.3 Å². The zero-order valence-corrected chi connectivity index (χ0v) is 10.5. The van der Waals surface area contributed by atoms with E-state index in [1.54, 1.807) is 12.1 Å². The first-order chi connectivity index (χ1) is 8.66. The number of ether oxygens (including phenoxy) is 1. The predicted octanol–water partition coefficient (Wildman–Crippen LogP) is 2.11. The van der Waals surface area contributed by atoms with Crippen molar-refractivity contribution < 1.29 is 9.66 Å². The molecular weight excluding hydrogens is 232 g/mol. The largest absolute Gasteiger partial charge is 0.372 e. The summed E-state index contributed by atoms with van der Waals surface area (Å²) in [5.74, 6) is 0.532. The lowest BCUT2D eigenvalue weighted by atomic mass is 9.97. The van der Waals surface area contributed by atoms with Gasteiger partial charge in [0.15, 0.2) is 0 Å². The van der Waals surface area contributed by atoms with Crippen LogP contribution in [0.4, 0.5) is 5.69 Å². The highest BCUT2D eigenvalue weighted by Gasteiger charge is 2.21. The third kappa shape index (κ3) is 3.27. The van der Waals surface area contributed by atoms with Crippen LogP contribution in [-0.2, 0) is 11.3 Å². The molecule has 1 saturated heterocycles. The topological polar surface area (TPSA) is 64.4 Å². The summed E-state index contributed by atoms with van der Waals surface area (Å²) in [5.41, 5.74) is 0.966. The minimum absolute atomic E-state index is 0.117. The van der Waals surface area contributed by atoms with E-state index in [1.807, 2.05) is 6.07 Å². The van der Waals surface area contributed by atoms with Crippen LogP contribution < -0.4 is 5.32 Å². The van der Waals surface area contributed by atoms with Crippen LogP contribution >= 0.6 is 0 Å². The Morgan fingerprint density at radius 3 is 3.11 bits per heavy atom. The summed E-state index contributed by atoms with van der Waals surface area (Å²) in [6.07, 6.45) is 1.30. The first-order valence-corrected chi connectivity index (χ1v) is 6.22. The van der Waals surface area contributed by atoms with Gasteiger partial charge in [-0.15, -0.1) is 0 Å². The van der Waals surface area contributed by atoms with Crippen molar-refractivity contribution in [1.29, 1.82) is 0 Å². The van der Waals surface area contributed by atoms with Gasteiger partial charge in [0, 0.05) is 18.7 Å². The molecule has 2 unspecified atom stereocenters. The van der Waals surface area contributed by atoms with Gasteiger partial charge < -0.3 is 10.1 Å². The molecule has 1 N–H and O–H groups in total. The molecule has 1 aliphatic heterocycles. The number of non-ortho nitro benzene ring substituents is 1. The maximum absolute atomic E-state index is 10.7. The quantitative estimate of drug-likeness (QED) is 0.656. The molecule has 0 saturated carbocycles. The third-order valence-electron chi connectivity index (χ3n) is 3.34. The second-order valence-electron chi connectivity index (χ2n) is 4.75. The summed E-state index contributed by atoms with van der Waals surface area (Å²) in [7, 11) is 0. The van der Waals surface area contributed by atoms with Gasteiger partial charge >= 0.3 is 0 Å². The molecule has 1 aliphatic rings. The Morgan fingerprint density at radius 1 is 1.56 bits per heavy atom. The Balaban J connectivity index is 1.93. The summed E-state index contributed by atoms with van der Waals surface area (Å²) in [6, 6.07) is 6.61. The van der Waals surface area contributed by atoms with Gasteiger partial charge in [-0.1, -0.05) is 19.1 Å². The molecule has 5 nitrogen and oxygen atoms in total. The van der Waals surface area contributed by atoms with Gasteiger partial charge in [-0.05, 0) is 24.4 Å². The number of hydrogen-bond acceptors (Lipinski definition) is 4. The summed E-state index contributed by atoms with van der Waals surface area (Å²) in [6.45, 7) is 4.51. The van der Waals surface area contributed by atoms with Crippen molar-refractivity contribution in [1.82, 2.24) is 5.32 Å². The lowest BCUT2D eigenvalue weighted by molar-refractivity contribution is -0.385. The molecule has 0 spiro atoms. The van der Waals surface area contributed by atoms with Crippen LogP contribution in [0.3, 0.4) is 0 Å². The van der Waals surface area contributed by atoms with Crippen molar-refractivity contribution in [3.05, 3.63) is 39.9 Å². The SMILES string of the molecule is CC1CCNCC1OCc1cccc([N+](=O)[O-])c1. The zero-order chi connectivity index (χ0) is 13.0. The number of hydrogen-bond donors (Lipinski definition) is 1. The predicted molar refractivity (Wildman–Crippen MR) is 68.3 cm³/mol. The van der Waals surface area contributed by atoms with Gasteiger partial charge in [0.2, 0.25) is 0 Å². The highest BCUT2D eigenvalue weighted by Crippen LogP contribution is 2.18. The lowest BCUT2D eigenvalue weighted by Gasteiger charge is -2.29. The molecule has 1 fully saturated rings. The maximum Gasteiger partial charge on any atom is 0.269 e. The van der Waals surface area contributed by atoms with Crippen LogP contribution in [0.1, 0.15) is 18.9 Å². The Kier molecular flexibility index (Phi) is 4.28. The van der Waals surface area contributed by atoms with Crippen molar-refractivity contribution in [3.63, 3.8) is 0 Å². The lowest BCUT2D eigenvalue weighted by Crippen LogP contribution is -2.40. The average Bonchev–Trinajstić information content (AvgIpc) is 2.38. The Bertz CT molecular complexity index is 422. The first kappa shape index (κ1) is 13.0. The molecule has 5 heteroatoms. The molecular formula is C13H18N2O3. The highest BCUT2D eigenvalue weighted by atomic mass is 16.6. The number of nitro groups is 1. The normalized spacial score (nSPS) is 23.8. The Labute approximate surface area is 106 Å². The molecule has 0 aliphatic carbocycles. The fourth-order valence-electron chi connectivity index (χ4n) is 2.15. The zero-order valence-electron chi connectivity index (χ0n) is 10.5. The second kappa shape index (κ2) is 5.93. The number of rotatable bonds is 4. The van der Waals surface area contributed by atoms with Crippen LogP contribution in [0.5, 0.6) is 0 Å². The monoisotopic (exact) mass is 250 g/mol. The third-order valence-corrected chi connectivity index (χ3v) is 3.34. The minimum atomic E-state index is -0.381. The van der Waals surface area contributed by atoms with E-state index in [0.717, 1.165) is 25.1 Å². The van der Waals surface area contributed by atoms with E-state index >= 15 is 0 Å². The summed E-state index contributed by atoms with van der Waals surface area (Å²) in [4.78, 5) is 10.3. The molecule has 98 valence electrons. The van der Waals surface area contributed by atoms with Gasteiger partial charge in [-0.2, -0.15) is 0 Å². The van der Waals surface area contributed by atoms with Gasteiger partial charge in [-0.3, -0.25) is 10.1 Å². The van der Waals surface area contributed by atoms with E-state index in [2.05, 4.69) is 12.2 Å². The van der Waals surface area contributed by atoms with Crippen molar-refractivity contribution in [2.75, 3.05) is 13.1 Å². The summed E-state index contributed by atoms with van der Waals surface area (Å²) in [5, 5.41) is 14.0. The molecule has 1 aromatic carbocycles. The van der Waals surface area contributed by atoms with Crippen molar-refractivity contribution in [2.45, 2.75) is 26.1 Å². The number of piperidine rings is 1. The maximum atomic E-state index is 10.7. The minimum Gasteiger partial charge on any atom is -0.372 e. The molecule has 1 heterocycles. The molecule has 0 aromatic heterocycles. The number of nitrogens with one attached hydrogen (secondary N) is 1. The highest BCUT2D eigenvalue weighted by molar-refractivity contribution is 5.33. The molecule has 1 aromatic rings. The van der Waals surface area contributed by atoms with E-state index in [4.69, 9.17) is 4.74 Å². The van der Waals surface area contributed by atoms with E-state index < -0.39 is 0 Å². The van der Waals surface area contributed by atoms with Crippen molar-refractivity contribution in [3.8, 4) is 0 Å². The van der Waals surface area contributed by atoms with Crippen LogP contribution in [0, 0.1) is 16.0 Å². The van der Waals surface area contributed by atoms with Gasteiger partial charge in [0.25, 0.3) is 5.69 Å². The van der Waals surface area contributed by atoms with E-state index in [9.17, 15) is 10.1 Å². The first-order valence-electron chi connectivity index (χ1n) is 6.22. The van der Waals surface area contributed by atoms with E-state index in [1.165, 1.54) is 6.07 Å². The molecule has 0 amide bonds. The summed E-state index contributed by atoms with van der Waals surface area (Å²) < 4.78 is 5.83. The molecule has 2 atom stereocenters. The average molecular weight is 250 g/mol. The number of nitro benzene ring substituents is 1. The van der Waals surface area contributed by atoms with Crippen LogP contribution in [-0.4, -0.2) is 24.1 Å². The van der Waals surface area contributed by atoms with Crippen molar-refractivity contribution in [2.24, 2.45) is 5.92 Å². The fraction of sp³-hybridized carbons (Fsp3) is 0.538. The van der Waals surface area contributed by atoms with E-state index in [0.29, 0.717) is 12.5 Å². The molecule has 0 bridgehead atoms. The van der Waals surface area contributed by atoms with Gasteiger partial charge in [-0.25, -0.2) is 0 Å². The summed E-state index contributed by atoms with van der Waals surface area (Å²) >= 11 is 0. The smallest absolute Gasteiger partial charge is 0.269 e. The van der Waals surface area contributed by atoms with Crippen molar-refractivity contribution >= 4 is 5.69 Å². The van der Waals surface area contributed by atoms with E-state index in [-0.39, 0.29) is 16.7 Å². The molecule has 18 heavy (non-hydrogen) atoms. The number of nitrogens with zero attached hydrogens (tertiary/aromatic N) is 1. The molecule has 2 rings (SSSR count). The molecule has 0 radical (unpaired) electrons. The second-order valence-corrected chi connectivity index (χ2v) is 4.75. The standard InChI is InChI=1S/C13H18N2O3/c1-10-5-6-14-8-13(10)18-9-11-3-2-4-12(7-11)15(16)17/h2-4,7,10,13-14H,5-6,8-9H2,1H3. The number of benzene rings is 1. The van der Waals surface area contributed by atoms with Gasteiger partial charge in [0.05, 0.1) is 17.6 Å². The van der Waals surface area contributed by atoms with Gasteiger partial charge in [0.1, 0.15) is 0 Å². The van der Waals surface area contributed by atoms with Crippen LogP contribution in [0.25, 0.3) is 0 Å². The fourth-order valence-corrected chi connectivity index (χ4v) is 2.15. The van der Waals surface area contributed by atoms with Crippen LogP contribution in [0.2, 0.25) is 0 Å². The Morgan fingerprint density at radius 2 is 2.39 bits per heavy atom. The Hall–Kier alpha value is -1.46.